The molecule has 0 unspecified atom stereocenters. The molecule has 0 saturated carbocycles. The van der Waals surface area contributed by atoms with Gasteiger partial charge in [0.15, 0.2) is 0 Å². The SMILES string of the molecule is Cc1c(N)cc(Cl)cc1CN1CCN(C(C)(C)C)[C@@H](C)C1. The Balaban J connectivity index is 2.07. The van der Waals surface area contributed by atoms with Gasteiger partial charge in [0, 0.05) is 48.5 Å². The maximum Gasteiger partial charge on any atom is 0.0429 e. The Hall–Kier alpha value is -0.770. The van der Waals surface area contributed by atoms with Crippen LogP contribution in [0.25, 0.3) is 0 Å². The second kappa shape index (κ2) is 6.15. The summed E-state index contributed by atoms with van der Waals surface area (Å²) < 4.78 is 0. The first-order valence-electron chi connectivity index (χ1n) is 7.72. The maximum atomic E-state index is 6.14. The molecule has 1 aliphatic rings. The van der Waals surface area contributed by atoms with Crippen LogP contribution in [-0.2, 0) is 6.54 Å². The minimum atomic E-state index is 0.238. The van der Waals surface area contributed by atoms with Gasteiger partial charge in [-0.15, -0.1) is 0 Å². The van der Waals surface area contributed by atoms with Crippen LogP contribution in [0.2, 0.25) is 5.02 Å². The maximum absolute atomic E-state index is 6.14. The molecule has 118 valence electrons. The molecule has 1 atom stereocenters. The first-order chi connectivity index (χ1) is 9.68. The molecular weight excluding hydrogens is 282 g/mol. The van der Waals surface area contributed by atoms with Crippen molar-refractivity contribution in [2.75, 3.05) is 25.4 Å². The second-order valence-electron chi connectivity index (χ2n) is 7.23. The van der Waals surface area contributed by atoms with Gasteiger partial charge in [0.05, 0.1) is 0 Å². The van der Waals surface area contributed by atoms with Crippen LogP contribution in [0.15, 0.2) is 12.1 Å². The number of benzene rings is 1. The zero-order valence-electron chi connectivity index (χ0n) is 13.9. The van der Waals surface area contributed by atoms with Gasteiger partial charge in [-0.3, -0.25) is 9.80 Å². The molecule has 1 heterocycles. The van der Waals surface area contributed by atoms with Gasteiger partial charge in [0.25, 0.3) is 0 Å². The van der Waals surface area contributed by atoms with Crippen molar-refractivity contribution < 1.29 is 0 Å². The normalized spacial score (nSPS) is 21.7. The lowest BCUT2D eigenvalue weighted by Crippen LogP contribution is -2.57. The van der Waals surface area contributed by atoms with E-state index in [9.17, 15) is 0 Å². The fourth-order valence-electron chi connectivity index (χ4n) is 3.34. The Morgan fingerprint density at radius 3 is 2.52 bits per heavy atom. The largest absolute Gasteiger partial charge is 0.398 e. The number of nitrogens with two attached hydrogens (primary N) is 1. The number of rotatable bonds is 2. The van der Waals surface area contributed by atoms with Gasteiger partial charge in [-0.2, -0.15) is 0 Å². The third kappa shape index (κ3) is 3.91. The van der Waals surface area contributed by atoms with Crippen molar-refractivity contribution in [1.29, 1.82) is 0 Å². The minimum Gasteiger partial charge on any atom is -0.398 e. The van der Waals surface area contributed by atoms with Gasteiger partial charge < -0.3 is 5.73 Å². The van der Waals surface area contributed by atoms with Crippen molar-refractivity contribution in [1.82, 2.24) is 9.80 Å². The van der Waals surface area contributed by atoms with Crippen LogP contribution in [0.1, 0.15) is 38.8 Å². The third-order valence-corrected chi connectivity index (χ3v) is 4.71. The van der Waals surface area contributed by atoms with Gasteiger partial charge in [-0.25, -0.2) is 0 Å². The smallest absolute Gasteiger partial charge is 0.0429 e. The lowest BCUT2D eigenvalue weighted by atomic mass is 10.00. The molecule has 2 rings (SSSR count). The molecule has 0 bridgehead atoms. The predicted octanol–water partition coefficient (Wildman–Crippen LogP) is 3.54. The van der Waals surface area contributed by atoms with E-state index in [1.807, 2.05) is 12.1 Å². The van der Waals surface area contributed by atoms with Gasteiger partial charge in [-0.05, 0) is 57.9 Å². The van der Waals surface area contributed by atoms with E-state index in [1.54, 1.807) is 0 Å². The summed E-state index contributed by atoms with van der Waals surface area (Å²) in [4.78, 5) is 5.09. The van der Waals surface area contributed by atoms with Gasteiger partial charge in [0.1, 0.15) is 0 Å². The Labute approximate surface area is 134 Å². The number of halogens is 1. The van der Waals surface area contributed by atoms with Crippen molar-refractivity contribution in [3.63, 3.8) is 0 Å². The monoisotopic (exact) mass is 309 g/mol. The van der Waals surface area contributed by atoms with Crippen LogP contribution in [0.4, 0.5) is 5.69 Å². The summed E-state index contributed by atoms with van der Waals surface area (Å²) in [7, 11) is 0. The van der Waals surface area contributed by atoms with Gasteiger partial charge >= 0.3 is 0 Å². The molecular formula is C17H28ClN3. The van der Waals surface area contributed by atoms with Crippen molar-refractivity contribution in [2.24, 2.45) is 0 Å². The number of nitrogen functional groups attached to an aromatic ring is 1. The first kappa shape index (κ1) is 16.6. The number of anilines is 1. The third-order valence-electron chi connectivity index (χ3n) is 4.49. The van der Waals surface area contributed by atoms with Crippen LogP contribution in [0, 0.1) is 6.92 Å². The van der Waals surface area contributed by atoms with Crippen molar-refractivity contribution >= 4 is 17.3 Å². The fourth-order valence-corrected chi connectivity index (χ4v) is 3.59. The van der Waals surface area contributed by atoms with E-state index in [2.05, 4.69) is 44.4 Å². The van der Waals surface area contributed by atoms with Gasteiger partial charge in [0.2, 0.25) is 0 Å². The predicted molar refractivity (Wildman–Crippen MR) is 91.8 cm³/mol. The molecule has 4 heteroatoms. The Morgan fingerprint density at radius 1 is 1.29 bits per heavy atom. The van der Waals surface area contributed by atoms with E-state index in [1.165, 1.54) is 5.56 Å². The molecule has 1 aromatic carbocycles. The summed E-state index contributed by atoms with van der Waals surface area (Å²) in [5.41, 5.74) is 9.45. The van der Waals surface area contributed by atoms with E-state index in [0.717, 1.165) is 42.5 Å². The average molecular weight is 310 g/mol. The van der Waals surface area contributed by atoms with E-state index in [-0.39, 0.29) is 5.54 Å². The molecule has 0 amide bonds. The lowest BCUT2D eigenvalue weighted by Gasteiger charge is -2.47. The summed E-state index contributed by atoms with van der Waals surface area (Å²) in [6.45, 7) is 15.5. The lowest BCUT2D eigenvalue weighted by molar-refractivity contribution is 0.0151. The van der Waals surface area contributed by atoms with E-state index in [4.69, 9.17) is 17.3 Å². The summed E-state index contributed by atoms with van der Waals surface area (Å²) >= 11 is 6.14. The average Bonchev–Trinajstić information content (AvgIpc) is 2.33. The number of hydrogen-bond donors (Lipinski definition) is 1. The second-order valence-corrected chi connectivity index (χ2v) is 7.66. The molecule has 0 radical (unpaired) electrons. The van der Waals surface area contributed by atoms with Gasteiger partial charge in [-0.1, -0.05) is 11.6 Å². The molecule has 1 aromatic rings. The van der Waals surface area contributed by atoms with Crippen LogP contribution < -0.4 is 5.73 Å². The highest BCUT2D eigenvalue weighted by atomic mass is 35.5. The van der Waals surface area contributed by atoms with Crippen molar-refractivity contribution in [2.45, 2.75) is 52.7 Å². The number of nitrogens with zero attached hydrogens (tertiary/aromatic N) is 2. The highest BCUT2D eigenvalue weighted by Crippen LogP contribution is 2.26. The highest BCUT2D eigenvalue weighted by molar-refractivity contribution is 6.31. The molecule has 2 N–H and O–H groups in total. The van der Waals surface area contributed by atoms with Crippen LogP contribution in [0.5, 0.6) is 0 Å². The quantitative estimate of drug-likeness (QED) is 0.848. The van der Waals surface area contributed by atoms with Crippen molar-refractivity contribution in [3.8, 4) is 0 Å². The standard InChI is InChI=1S/C17H28ClN3/c1-12-10-20(6-7-21(12)17(3,4)5)11-14-8-15(18)9-16(19)13(14)2/h8-9,12H,6-7,10-11,19H2,1-5H3/t12-/m0/s1. The summed E-state index contributed by atoms with van der Waals surface area (Å²) in [5, 5.41) is 0.731. The molecule has 3 nitrogen and oxygen atoms in total. The fraction of sp³-hybridized carbons (Fsp3) is 0.647. The van der Waals surface area contributed by atoms with Crippen LogP contribution >= 0.6 is 11.6 Å². The molecule has 0 aromatic heterocycles. The van der Waals surface area contributed by atoms with E-state index < -0.39 is 0 Å². The highest BCUT2D eigenvalue weighted by Gasteiger charge is 2.31. The Bertz CT molecular complexity index is 507. The number of piperazine rings is 1. The summed E-state index contributed by atoms with van der Waals surface area (Å²) in [6, 6.07) is 4.45. The molecule has 0 spiro atoms. The molecule has 0 aliphatic carbocycles. The topological polar surface area (TPSA) is 32.5 Å². The van der Waals surface area contributed by atoms with Crippen LogP contribution in [-0.4, -0.2) is 41.0 Å². The molecule has 21 heavy (non-hydrogen) atoms. The van der Waals surface area contributed by atoms with E-state index in [0.29, 0.717) is 6.04 Å². The molecule has 1 saturated heterocycles. The summed E-state index contributed by atoms with van der Waals surface area (Å²) in [5.74, 6) is 0. The Kier molecular flexibility index (Phi) is 4.86. The molecule has 1 aliphatic heterocycles. The molecule has 1 fully saturated rings. The van der Waals surface area contributed by atoms with E-state index >= 15 is 0 Å². The van der Waals surface area contributed by atoms with Crippen LogP contribution in [0.3, 0.4) is 0 Å². The number of hydrogen-bond acceptors (Lipinski definition) is 3. The summed E-state index contributed by atoms with van der Waals surface area (Å²) in [6.07, 6.45) is 0. The first-order valence-corrected chi connectivity index (χ1v) is 8.10. The minimum absolute atomic E-state index is 0.238. The zero-order chi connectivity index (χ0) is 15.8. The Morgan fingerprint density at radius 2 is 1.95 bits per heavy atom. The van der Waals surface area contributed by atoms with Crippen molar-refractivity contribution in [3.05, 3.63) is 28.3 Å². The zero-order valence-corrected chi connectivity index (χ0v) is 14.7.